The second kappa shape index (κ2) is 8.39. The number of hydrogen-bond donors (Lipinski definition) is 2. The van der Waals surface area contributed by atoms with Crippen molar-refractivity contribution < 1.29 is 14.3 Å². The van der Waals surface area contributed by atoms with Gasteiger partial charge in [-0.2, -0.15) is 0 Å². The number of carbonyl (C=O) groups excluding carboxylic acids is 1. The van der Waals surface area contributed by atoms with Gasteiger partial charge in [0, 0.05) is 13.7 Å². The average molecular weight is 285 g/mol. The van der Waals surface area contributed by atoms with Gasteiger partial charge in [-0.25, -0.2) is 4.79 Å². The third-order valence-electron chi connectivity index (χ3n) is 2.16. The first kappa shape index (κ1) is 15.3. The van der Waals surface area contributed by atoms with Crippen molar-refractivity contribution in [2.75, 3.05) is 32.2 Å². The largest absolute Gasteiger partial charge is 0.487 e. The Morgan fingerprint density at radius 1 is 1.47 bits per heavy atom. The van der Waals surface area contributed by atoms with E-state index in [1.165, 1.54) is 0 Å². The van der Waals surface area contributed by atoms with Crippen molar-refractivity contribution in [2.24, 2.45) is 0 Å². The van der Waals surface area contributed by atoms with E-state index in [2.05, 4.69) is 17.2 Å². The summed E-state index contributed by atoms with van der Waals surface area (Å²) >= 11 is 6.04. The van der Waals surface area contributed by atoms with E-state index in [0.29, 0.717) is 36.2 Å². The highest BCUT2D eigenvalue weighted by Crippen LogP contribution is 2.32. The second-order valence-corrected chi connectivity index (χ2v) is 3.99. The van der Waals surface area contributed by atoms with Crippen molar-refractivity contribution in [3.8, 4) is 5.75 Å². The summed E-state index contributed by atoms with van der Waals surface area (Å²) in [4.78, 5) is 11.6. The van der Waals surface area contributed by atoms with Crippen molar-refractivity contribution in [2.45, 2.75) is 0 Å². The molecule has 19 heavy (non-hydrogen) atoms. The van der Waals surface area contributed by atoms with Crippen LogP contribution in [-0.2, 0) is 4.74 Å². The predicted octanol–water partition coefficient (Wildman–Crippen LogP) is 2.67. The van der Waals surface area contributed by atoms with E-state index in [0.717, 1.165) is 0 Å². The smallest absolute Gasteiger partial charge is 0.319 e. The SMILES string of the molecule is C=CCNC(=O)Nc1cccc(Cl)c1OCCOC. The van der Waals surface area contributed by atoms with Crippen LogP contribution < -0.4 is 15.4 Å². The number of urea groups is 1. The molecule has 2 amide bonds. The number of carbonyl (C=O) groups is 1. The molecule has 0 heterocycles. The summed E-state index contributed by atoms with van der Waals surface area (Å²) in [5, 5.41) is 5.70. The van der Waals surface area contributed by atoms with E-state index >= 15 is 0 Å². The van der Waals surface area contributed by atoms with Crippen molar-refractivity contribution in [1.29, 1.82) is 0 Å². The summed E-state index contributed by atoms with van der Waals surface area (Å²) in [6, 6.07) is 4.78. The Bertz CT molecular complexity index is 438. The van der Waals surface area contributed by atoms with Crippen LogP contribution in [0.2, 0.25) is 5.02 Å². The zero-order valence-electron chi connectivity index (χ0n) is 10.7. The van der Waals surface area contributed by atoms with E-state index < -0.39 is 0 Å². The molecule has 1 aromatic rings. The molecule has 0 saturated carbocycles. The highest BCUT2D eigenvalue weighted by molar-refractivity contribution is 6.32. The zero-order valence-corrected chi connectivity index (χ0v) is 11.5. The average Bonchev–Trinajstić information content (AvgIpc) is 2.39. The maximum Gasteiger partial charge on any atom is 0.319 e. The Morgan fingerprint density at radius 3 is 2.95 bits per heavy atom. The lowest BCUT2D eigenvalue weighted by atomic mass is 10.3. The maximum absolute atomic E-state index is 11.6. The molecule has 0 aliphatic carbocycles. The quantitative estimate of drug-likeness (QED) is 0.598. The Labute approximate surface area is 117 Å². The Kier molecular flexibility index (Phi) is 6.78. The van der Waals surface area contributed by atoms with Gasteiger partial charge in [0.1, 0.15) is 6.61 Å². The van der Waals surface area contributed by atoms with Gasteiger partial charge in [0.2, 0.25) is 0 Å². The topological polar surface area (TPSA) is 59.6 Å². The van der Waals surface area contributed by atoms with E-state index in [9.17, 15) is 4.79 Å². The van der Waals surface area contributed by atoms with Gasteiger partial charge in [-0.15, -0.1) is 6.58 Å². The Balaban J connectivity index is 2.72. The van der Waals surface area contributed by atoms with Gasteiger partial charge in [-0.1, -0.05) is 23.7 Å². The minimum absolute atomic E-state index is 0.348. The van der Waals surface area contributed by atoms with Gasteiger partial charge in [-0.05, 0) is 12.1 Å². The standard InChI is InChI=1S/C13H17ClN2O3/c1-3-7-15-13(17)16-11-6-4-5-10(14)12(11)19-9-8-18-2/h3-6H,1,7-9H2,2H3,(H2,15,16,17). The molecule has 0 fully saturated rings. The first-order valence-corrected chi connectivity index (χ1v) is 6.12. The van der Waals surface area contributed by atoms with Gasteiger partial charge < -0.3 is 20.1 Å². The lowest BCUT2D eigenvalue weighted by Crippen LogP contribution is -2.28. The van der Waals surface area contributed by atoms with Crippen molar-refractivity contribution in [1.82, 2.24) is 5.32 Å². The van der Waals surface area contributed by atoms with E-state index in [1.807, 2.05) is 0 Å². The molecule has 2 N–H and O–H groups in total. The fourth-order valence-electron chi connectivity index (χ4n) is 1.31. The van der Waals surface area contributed by atoms with Crippen molar-refractivity contribution in [3.05, 3.63) is 35.9 Å². The first-order valence-electron chi connectivity index (χ1n) is 5.75. The van der Waals surface area contributed by atoms with Gasteiger partial charge in [0.15, 0.2) is 5.75 Å². The van der Waals surface area contributed by atoms with E-state index in [4.69, 9.17) is 21.1 Å². The molecule has 0 bridgehead atoms. The molecule has 0 aromatic heterocycles. The lowest BCUT2D eigenvalue weighted by Gasteiger charge is -2.13. The molecule has 0 saturated heterocycles. The van der Waals surface area contributed by atoms with Crippen LogP contribution in [0, 0.1) is 0 Å². The van der Waals surface area contributed by atoms with Gasteiger partial charge in [0.25, 0.3) is 0 Å². The molecule has 5 nitrogen and oxygen atoms in total. The molecule has 0 unspecified atom stereocenters. The Hall–Kier alpha value is -1.72. The molecule has 1 rings (SSSR count). The molecule has 1 aromatic carbocycles. The maximum atomic E-state index is 11.6. The van der Waals surface area contributed by atoms with E-state index in [-0.39, 0.29) is 6.03 Å². The van der Waals surface area contributed by atoms with Gasteiger partial charge in [0.05, 0.1) is 17.3 Å². The number of methoxy groups -OCH3 is 1. The number of ether oxygens (including phenoxy) is 2. The molecule has 104 valence electrons. The fourth-order valence-corrected chi connectivity index (χ4v) is 1.54. The fraction of sp³-hybridized carbons (Fsp3) is 0.308. The number of nitrogens with one attached hydrogen (secondary N) is 2. The lowest BCUT2D eigenvalue weighted by molar-refractivity contribution is 0.146. The number of anilines is 1. The number of amides is 2. The first-order chi connectivity index (χ1) is 9.19. The van der Waals surface area contributed by atoms with Crippen LogP contribution in [0.3, 0.4) is 0 Å². The number of hydrogen-bond acceptors (Lipinski definition) is 3. The van der Waals surface area contributed by atoms with Gasteiger partial charge in [-0.3, -0.25) is 0 Å². The Morgan fingerprint density at radius 2 is 2.26 bits per heavy atom. The normalized spacial score (nSPS) is 9.79. The van der Waals surface area contributed by atoms with Gasteiger partial charge >= 0.3 is 6.03 Å². The monoisotopic (exact) mass is 284 g/mol. The van der Waals surface area contributed by atoms with Crippen molar-refractivity contribution in [3.63, 3.8) is 0 Å². The summed E-state index contributed by atoms with van der Waals surface area (Å²) in [6.45, 7) is 4.69. The third kappa shape index (κ3) is 5.19. The summed E-state index contributed by atoms with van der Waals surface area (Å²) < 4.78 is 10.4. The highest BCUT2D eigenvalue weighted by atomic mass is 35.5. The van der Waals surface area contributed by atoms with Crippen LogP contribution in [0.4, 0.5) is 10.5 Å². The van der Waals surface area contributed by atoms with Crippen LogP contribution in [0.5, 0.6) is 5.75 Å². The summed E-state index contributed by atoms with van der Waals surface area (Å²) in [7, 11) is 1.58. The number of para-hydroxylation sites is 1. The molecule has 0 aliphatic rings. The molecule has 0 aliphatic heterocycles. The molecule has 0 atom stereocenters. The van der Waals surface area contributed by atoms with Crippen LogP contribution in [-0.4, -0.2) is 32.9 Å². The number of rotatable bonds is 7. The number of halogens is 1. The molecule has 0 radical (unpaired) electrons. The van der Waals surface area contributed by atoms with Crippen LogP contribution >= 0.6 is 11.6 Å². The highest BCUT2D eigenvalue weighted by Gasteiger charge is 2.10. The number of benzene rings is 1. The van der Waals surface area contributed by atoms with E-state index in [1.54, 1.807) is 31.4 Å². The van der Waals surface area contributed by atoms with Crippen LogP contribution in [0.25, 0.3) is 0 Å². The predicted molar refractivity (Wildman–Crippen MR) is 76.0 cm³/mol. The summed E-state index contributed by atoms with van der Waals surface area (Å²) in [5.41, 5.74) is 0.505. The molecular formula is C13H17ClN2O3. The zero-order chi connectivity index (χ0) is 14.1. The van der Waals surface area contributed by atoms with Crippen LogP contribution in [0.1, 0.15) is 0 Å². The second-order valence-electron chi connectivity index (χ2n) is 3.58. The van der Waals surface area contributed by atoms with Crippen LogP contribution in [0.15, 0.2) is 30.9 Å². The molecular weight excluding hydrogens is 268 g/mol. The molecule has 0 spiro atoms. The summed E-state index contributed by atoms with van der Waals surface area (Å²) in [6.07, 6.45) is 1.59. The molecule has 6 heteroatoms. The van der Waals surface area contributed by atoms with Crippen molar-refractivity contribution >= 4 is 23.3 Å². The minimum atomic E-state index is -0.348. The minimum Gasteiger partial charge on any atom is -0.487 e. The summed E-state index contributed by atoms with van der Waals surface area (Å²) in [5.74, 6) is 0.426. The third-order valence-corrected chi connectivity index (χ3v) is 2.45.